The van der Waals surface area contributed by atoms with E-state index in [1.54, 1.807) is 43.9 Å². The minimum atomic E-state index is -0.424. The lowest BCUT2D eigenvalue weighted by Gasteiger charge is -2.10. The normalized spacial score (nSPS) is 10.3. The van der Waals surface area contributed by atoms with Crippen molar-refractivity contribution in [2.45, 2.75) is 12.8 Å². The third kappa shape index (κ3) is 6.86. The second kappa shape index (κ2) is 11.4. The lowest BCUT2D eigenvalue weighted by atomic mass is 10.1. The number of amides is 3. The number of hydrogen-bond acceptors (Lipinski definition) is 6. The summed E-state index contributed by atoms with van der Waals surface area (Å²) in [5, 5.41) is 11.0. The highest BCUT2D eigenvalue weighted by atomic mass is 35.5. The van der Waals surface area contributed by atoms with Crippen molar-refractivity contribution in [3.8, 4) is 11.5 Å². The molecule has 0 aliphatic heterocycles. The van der Waals surface area contributed by atoms with Gasteiger partial charge < -0.3 is 20.1 Å². The molecule has 0 atom stereocenters. The number of methoxy groups -OCH3 is 2. The van der Waals surface area contributed by atoms with Gasteiger partial charge in [0.05, 0.1) is 26.3 Å². The lowest BCUT2D eigenvalue weighted by Crippen LogP contribution is -2.27. The van der Waals surface area contributed by atoms with Crippen LogP contribution >= 0.6 is 22.9 Å². The van der Waals surface area contributed by atoms with Gasteiger partial charge >= 0.3 is 6.03 Å². The highest BCUT2D eigenvalue weighted by Crippen LogP contribution is 2.27. The molecule has 0 saturated carbocycles. The van der Waals surface area contributed by atoms with Crippen molar-refractivity contribution in [3.63, 3.8) is 0 Å². The molecule has 0 unspecified atom stereocenters. The SMILES string of the molecule is COc1ccc(CCNC(=O)Cc2csc(NC(=O)Nc3ccc(Cl)cc3)n2)cc1OC. The summed E-state index contributed by atoms with van der Waals surface area (Å²) in [6, 6.07) is 12.0. The van der Waals surface area contributed by atoms with Gasteiger partial charge in [-0.3, -0.25) is 10.1 Å². The number of rotatable bonds is 9. The number of benzene rings is 2. The van der Waals surface area contributed by atoms with Gasteiger partial charge in [-0.1, -0.05) is 17.7 Å². The number of anilines is 2. The van der Waals surface area contributed by atoms with Crippen molar-refractivity contribution in [1.29, 1.82) is 0 Å². The van der Waals surface area contributed by atoms with Crippen molar-refractivity contribution in [2.24, 2.45) is 0 Å². The molecule has 2 aromatic carbocycles. The molecular weight excluding hydrogens is 452 g/mol. The fourth-order valence-electron chi connectivity index (χ4n) is 2.85. The molecule has 0 bridgehead atoms. The standard InChI is InChI=1S/C22H23ClN4O4S/c1-30-18-8-3-14(11-19(18)31-2)9-10-24-20(28)12-17-13-32-22(26-17)27-21(29)25-16-6-4-15(23)5-7-16/h3-8,11,13H,9-10,12H2,1-2H3,(H,24,28)(H2,25,26,27,29). The van der Waals surface area contributed by atoms with Gasteiger partial charge in [0.2, 0.25) is 5.91 Å². The maximum atomic E-state index is 12.2. The van der Waals surface area contributed by atoms with Crippen LogP contribution in [0.5, 0.6) is 11.5 Å². The third-order valence-electron chi connectivity index (χ3n) is 4.40. The largest absolute Gasteiger partial charge is 0.493 e. The Balaban J connectivity index is 1.43. The maximum Gasteiger partial charge on any atom is 0.325 e. The first-order valence-corrected chi connectivity index (χ1v) is 11.0. The quantitative estimate of drug-likeness (QED) is 0.427. The fraction of sp³-hybridized carbons (Fsp3) is 0.227. The van der Waals surface area contributed by atoms with Crippen molar-refractivity contribution in [2.75, 3.05) is 31.4 Å². The van der Waals surface area contributed by atoms with Crippen LogP contribution in [0.4, 0.5) is 15.6 Å². The molecular formula is C22H23ClN4O4S. The minimum absolute atomic E-state index is 0.128. The summed E-state index contributed by atoms with van der Waals surface area (Å²) in [4.78, 5) is 28.6. The monoisotopic (exact) mass is 474 g/mol. The highest BCUT2D eigenvalue weighted by molar-refractivity contribution is 7.14. The number of aromatic nitrogens is 1. The summed E-state index contributed by atoms with van der Waals surface area (Å²) in [6.45, 7) is 0.479. The third-order valence-corrected chi connectivity index (χ3v) is 5.46. The molecule has 0 fully saturated rings. The second-order valence-corrected chi connectivity index (χ2v) is 7.99. The van der Waals surface area contributed by atoms with Crippen LogP contribution in [-0.4, -0.2) is 37.7 Å². The van der Waals surface area contributed by atoms with Crippen LogP contribution in [0.3, 0.4) is 0 Å². The Kier molecular flexibility index (Phi) is 8.29. The molecule has 8 nitrogen and oxygen atoms in total. The first kappa shape index (κ1) is 23.4. The summed E-state index contributed by atoms with van der Waals surface area (Å²) in [5.74, 6) is 1.17. The first-order valence-electron chi connectivity index (χ1n) is 9.72. The van der Waals surface area contributed by atoms with Crippen LogP contribution < -0.4 is 25.4 Å². The molecule has 0 saturated heterocycles. The number of nitrogens with zero attached hydrogens (tertiary/aromatic N) is 1. The average Bonchev–Trinajstić information content (AvgIpc) is 3.21. The molecule has 0 spiro atoms. The fourth-order valence-corrected chi connectivity index (χ4v) is 3.68. The van der Waals surface area contributed by atoms with E-state index in [1.165, 1.54) is 11.3 Å². The van der Waals surface area contributed by atoms with Crippen molar-refractivity contribution in [1.82, 2.24) is 10.3 Å². The van der Waals surface area contributed by atoms with Gasteiger partial charge in [-0.25, -0.2) is 9.78 Å². The zero-order valence-electron chi connectivity index (χ0n) is 17.6. The van der Waals surface area contributed by atoms with Gasteiger partial charge in [0.25, 0.3) is 0 Å². The Bertz CT molecular complexity index is 1070. The predicted octanol–water partition coefficient (Wildman–Crippen LogP) is 4.36. The Morgan fingerprint density at radius 3 is 2.50 bits per heavy atom. The Hall–Kier alpha value is -3.30. The van der Waals surface area contributed by atoms with E-state index in [4.69, 9.17) is 21.1 Å². The Morgan fingerprint density at radius 2 is 1.78 bits per heavy atom. The van der Waals surface area contributed by atoms with Crippen molar-refractivity contribution in [3.05, 3.63) is 64.1 Å². The van der Waals surface area contributed by atoms with Gasteiger partial charge in [-0.05, 0) is 48.4 Å². The molecule has 3 rings (SSSR count). The molecule has 0 radical (unpaired) electrons. The summed E-state index contributed by atoms with van der Waals surface area (Å²) in [7, 11) is 3.17. The van der Waals surface area contributed by atoms with Crippen LogP contribution in [-0.2, 0) is 17.6 Å². The summed E-state index contributed by atoms with van der Waals surface area (Å²) in [5.41, 5.74) is 2.22. The van der Waals surface area contributed by atoms with Gasteiger partial charge in [-0.15, -0.1) is 11.3 Å². The molecule has 1 aromatic heterocycles. The zero-order valence-corrected chi connectivity index (χ0v) is 19.2. The topological polar surface area (TPSA) is 102 Å². The van der Waals surface area contributed by atoms with E-state index in [0.29, 0.717) is 46.0 Å². The molecule has 0 aliphatic carbocycles. The molecule has 3 aromatic rings. The smallest absolute Gasteiger partial charge is 0.325 e. The summed E-state index contributed by atoms with van der Waals surface area (Å²) < 4.78 is 10.5. The molecule has 10 heteroatoms. The first-order chi connectivity index (χ1) is 15.5. The summed E-state index contributed by atoms with van der Waals surface area (Å²) in [6.07, 6.45) is 0.781. The number of nitrogens with one attached hydrogen (secondary N) is 3. The van der Waals surface area contributed by atoms with E-state index in [2.05, 4.69) is 20.9 Å². The van der Waals surface area contributed by atoms with Crippen LogP contribution in [0.2, 0.25) is 5.02 Å². The lowest BCUT2D eigenvalue weighted by molar-refractivity contribution is -0.120. The number of ether oxygens (including phenoxy) is 2. The molecule has 3 N–H and O–H groups in total. The van der Waals surface area contributed by atoms with Crippen LogP contribution in [0.15, 0.2) is 47.8 Å². The Morgan fingerprint density at radius 1 is 1.03 bits per heavy atom. The van der Waals surface area contributed by atoms with Crippen LogP contribution in [0.1, 0.15) is 11.3 Å². The average molecular weight is 475 g/mol. The Labute approximate surface area is 194 Å². The summed E-state index contributed by atoms with van der Waals surface area (Å²) >= 11 is 7.08. The number of carbonyl (C=O) groups excluding carboxylic acids is 2. The van der Waals surface area contributed by atoms with Crippen molar-refractivity contribution >= 4 is 45.7 Å². The molecule has 168 valence electrons. The predicted molar refractivity (Wildman–Crippen MR) is 126 cm³/mol. The van der Waals surface area contributed by atoms with Crippen LogP contribution in [0, 0.1) is 0 Å². The van der Waals surface area contributed by atoms with Gasteiger partial charge in [0.15, 0.2) is 16.6 Å². The van der Waals surface area contributed by atoms with E-state index >= 15 is 0 Å². The number of carbonyl (C=O) groups is 2. The van der Waals surface area contributed by atoms with E-state index in [1.807, 2.05) is 18.2 Å². The molecule has 32 heavy (non-hydrogen) atoms. The van der Waals surface area contributed by atoms with Gasteiger partial charge in [-0.2, -0.15) is 0 Å². The van der Waals surface area contributed by atoms with E-state index in [9.17, 15) is 9.59 Å². The maximum absolute atomic E-state index is 12.2. The number of urea groups is 1. The van der Waals surface area contributed by atoms with Gasteiger partial charge in [0, 0.05) is 22.6 Å². The highest BCUT2D eigenvalue weighted by Gasteiger charge is 2.11. The van der Waals surface area contributed by atoms with Gasteiger partial charge in [0.1, 0.15) is 0 Å². The number of hydrogen-bond donors (Lipinski definition) is 3. The van der Waals surface area contributed by atoms with E-state index in [0.717, 1.165) is 5.56 Å². The zero-order chi connectivity index (χ0) is 22.9. The van der Waals surface area contributed by atoms with Crippen LogP contribution in [0.25, 0.3) is 0 Å². The molecule has 3 amide bonds. The molecule has 1 heterocycles. The van der Waals surface area contributed by atoms with E-state index in [-0.39, 0.29) is 12.3 Å². The minimum Gasteiger partial charge on any atom is -0.493 e. The number of thiazole rings is 1. The number of halogens is 1. The second-order valence-electron chi connectivity index (χ2n) is 6.70. The van der Waals surface area contributed by atoms with E-state index < -0.39 is 6.03 Å². The molecule has 0 aliphatic rings. The van der Waals surface area contributed by atoms with Crippen molar-refractivity contribution < 1.29 is 19.1 Å².